The predicted molar refractivity (Wildman–Crippen MR) is 80.9 cm³/mol. The van der Waals surface area contributed by atoms with E-state index in [0.717, 1.165) is 5.56 Å². The van der Waals surface area contributed by atoms with Gasteiger partial charge in [-0.1, -0.05) is 13.5 Å². The van der Waals surface area contributed by atoms with Crippen molar-refractivity contribution in [1.82, 2.24) is 0 Å². The molecule has 21 heavy (non-hydrogen) atoms. The lowest BCUT2D eigenvalue weighted by Crippen LogP contribution is -2.08. The Hall–Kier alpha value is -1.69. The molecule has 0 N–H and O–H groups in total. The second-order valence-corrected chi connectivity index (χ2v) is 5.48. The summed E-state index contributed by atoms with van der Waals surface area (Å²) in [6, 6.07) is 1.78. The topological polar surface area (TPSA) is 54.0 Å². The Balaban J connectivity index is 2.60. The summed E-state index contributed by atoms with van der Waals surface area (Å²) in [4.78, 5) is 11.7. The lowest BCUT2D eigenvalue weighted by atomic mass is 9.94. The molecule has 5 nitrogen and oxygen atoms in total. The summed E-state index contributed by atoms with van der Waals surface area (Å²) in [5.41, 5.74) is 1.21. The number of ether oxygens (including phenoxy) is 4. The van der Waals surface area contributed by atoms with Crippen molar-refractivity contribution in [3.63, 3.8) is 0 Å². The van der Waals surface area contributed by atoms with Gasteiger partial charge in [-0.25, -0.2) is 4.79 Å². The lowest BCUT2D eigenvalue weighted by molar-refractivity contribution is -0.139. The van der Waals surface area contributed by atoms with Gasteiger partial charge < -0.3 is 18.9 Å². The van der Waals surface area contributed by atoms with Gasteiger partial charge in [-0.3, -0.25) is 0 Å². The monoisotopic (exact) mass is 356 g/mol. The van der Waals surface area contributed by atoms with Crippen molar-refractivity contribution in [3.8, 4) is 17.2 Å². The maximum absolute atomic E-state index is 11.7. The average Bonchev–Trinajstić information content (AvgIpc) is 2.74. The third kappa shape index (κ3) is 2.48. The molecule has 2 rings (SSSR count). The molecule has 2 atom stereocenters. The molecule has 114 valence electrons. The highest BCUT2D eigenvalue weighted by Crippen LogP contribution is 2.50. The van der Waals surface area contributed by atoms with Crippen LogP contribution in [0, 0.1) is 5.92 Å². The quantitative estimate of drug-likeness (QED) is 0.612. The van der Waals surface area contributed by atoms with Crippen LogP contribution >= 0.6 is 15.9 Å². The van der Waals surface area contributed by atoms with Crippen molar-refractivity contribution in [3.05, 3.63) is 28.3 Å². The van der Waals surface area contributed by atoms with Crippen molar-refractivity contribution in [2.75, 3.05) is 21.3 Å². The molecular formula is C15H17BrO5. The molecule has 1 aromatic rings. The zero-order valence-electron chi connectivity index (χ0n) is 12.4. The fourth-order valence-corrected chi connectivity index (χ4v) is 3.02. The summed E-state index contributed by atoms with van der Waals surface area (Å²) in [6.45, 7) is 5.66. The van der Waals surface area contributed by atoms with Crippen LogP contribution in [0.15, 0.2) is 22.7 Å². The number of methoxy groups -OCH3 is 3. The number of halogens is 1. The minimum Gasteiger partial charge on any atom is -0.493 e. The molecule has 0 radical (unpaired) electrons. The molecule has 1 heterocycles. The van der Waals surface area contributed by atoms with Gasteiger partial charge in [0.15, 0.2) is 11.5 Å². The Labute approximate surface area is 132 Å². The highest BCUT2D eigenvalue weighted by molar-refractivity contribution is 9.10. The summed E-state index contributed by atoms with van der Waals surface area (Å²) in [5.74, 6) is 0.970. The number of hydrogen-bond donors (Lipinski definition) is 0. The first kappa shape index (κ1) is 15.7. The van der Waals surface area contributed by atoms with E-state index >= 15 is 0 Å². The molecule has 0 aromatic heterocycles. The number of cyclic esters (lactones) is 1. The van der Waals surface area contributed by atoms with Crippen LogP contribution in [0.5, 0.6) is 17.2 Å². The second kappa shape index (κ2) is 5.97. The standard InChI is InChI=1S/C15H17BrO5/c1-7-8(2)15(17)21-12(7)9-6-10(18-3)13(19-4)14(20-5)11(9)16/h6-7,12H,2H2,1,3-5H3/t7-,12-/m1/s1. The van der Waals surface area contributed by atoms with Gasteiger partial charge in [-0.2, -0.15) is 0 Å². The normalized spacial score (nSPS) is 21.2. The molecule has 6 heteroatoms. The van der Waals surface area contributed by atoms with Crippen LogP contribution in [-0.4, -0.2) is 27.3 Å². The van der Waals surface area contributed by atoms with Crippen LogP contribution in [-0.2, 0) is 9.53 Å². The summed E-state index contributed by atoms with van der Waals surface area (Å²) in [6.07, 6.45) is -0.437. The van der Waals surface area contributed by atoms with E-state index in [4.69, 9.17) is 18.9 Å². The number of rotatable bonds is 4. The Morgan fingerprint density at radius 3 is 2.24 bits per heavy atom. The van der Waals surface area contributed by atoms with E-state index in [9.17, 15) is 4.79 Å². The molecule has 0 unspecified atom stereocenters. The molecule has 0 aliphatic carbocycles. The van der Waals surface area contributed by atoms with Gasteiger partial charge in [0.1, 0.15) is 6.10 Å². The summed E-state index contributed by atoms with van der Waals surface area (Å²) in [5, 5.41) is 0. The van der Waals surface area contributed by atoms with E-state index in [1.165, 1.54) is 21.3 Å². The van der Waals surface area contributed by atoms with Crippen molar-refractivity contribution < 1.29 is 23.7 Å². The van der Waals surface area contributed by atoms with E-state index in [0.29, 0.717) is 27.3 Å². The number of benzene rings is 1. The average molecular weight is 357 g/mol. The van der Waals surface area contributed by atoms with Crippen molar-refractivity contribution >= 4 is 21.9 Å². The molecular weight excluding hydrogens is 340 g/mol. The molecule has 0 spiro atoms. The molecule has 0 amide bonds. The molecule has 0 bridgehead atoms. The van der Waals surface area contributed by atoms with Crippen LogP contribution in [0.1, 0.15) is 18.6 Å². The zero-order chi connectivity index (χ0) is 15.7. The van der Waals surface area contributed by atoms with Gasteiger partial charge in [0.05, 0.1) is 25.8 Å². The van der Waals surface area contributed by atoms with Crippen LogP contribution in [0.3, 0.4) is 0 Å². The molecule has 1 aliphatic heterocycles. The lowest BCUT2D eigenvalue weighted by Gasteiger charge is -2.21. The second-order valence-electron chi connectivity index (χ2n) is 4.69. The minimum absolute atomic E-state index is 0.128. The highest BCUT2D eigenvalue weighted by Gasteiger charge is 2.39. The Morgan fingerprint density at radius 2 is 1.81 bits per heavy atom. The molecule has 1 aromatic carbocycles. The van der Waals surface area contributed by atoms with E-state index in [1.807, 2.05) is 6.92 Å². The fourth-order valence-electron chi connectivity index (χ4n) is 2.34. The maximum atomic E-state index is 11.7. The summed E-state index contributed by atoms with van der Waals surface area (Å²) >= 11 is 3.49. The fraction of sp³-hybridized carbons (Fsp3) is 0.400. The predicted octanol–water partition coefficient (Wildman–Crippen LogP) is 3.27. The molecule has 1 fully saturated rings. The van der Waals surface area contributed by atoms with Crippen LogP contribution in [0.4, 0.5) is 0 Å². The van der Waals surface area contributed by atoms with Gasteiger partial charge in [0, 0.05) is 17.1 Å². The van der Waals surface area contributed by atoms with Crippen LogP contribution in [0.2, 0.25) is 0 Å². The smallest absolute Gasteiger partial charge is 0.334 e. The Kier molecular flexibility index (Phi) is 4.46. The van der Waals surface area contributed by atoms with Gasteiger partial charge >= 0.3 is 5.97 Å². The SMILES string of the molecule is C=C1C(=O)O[C@@H](c2cc(OC)c(OC)c(OC)c2Br)[C@@H]1C. The van der Waals surface area contributed by atoms with E-state index < -0.39 is 6.10 Å². The Morgan fingerprint density at radius 1 is 1.19 bits per heavy atom. The molecule has 0 saturated carbocycles. The van der Waals surface area contributed by atoms with E-state index in [-0.39, 0.29) is 11.9 Å². The number of carbonyl (C=O) groups is 1. The van der Waals surface area contributed by atoms with Crippen molar-refractivity contribution in [2.45, 2.75) is 13.0 Å². The van der Waals surface area contributed by atoms with E-state index in [2.05, 4.69) is 22.5 Å². The van der Waals surface area contributed by atoms with Crippen molar-refractivity contribution in [2.24, 2.45) is 5.92 Å². The number of carbonyl (C=O) groups excluding carboxylic acids is 1. The van der Waals surface area contributed by atoms with E-state index in [1.54, 1.807) is 6.07 Å². The van der Waals surface area contributed by atoms with Crippen LogP contribution < -0.4 is 14.2 Å². The van der Waals surface area contributed by atoms with Gasteiger partial charge in [-0.05, 0) is 22.0 Å². The largest absolute Gasteiger partial charge is 0.493 e. The van der Waals surface area contributed by atoms with Gasteiger partial charge in [-0.15, -0.1) is 0 Å². The molecule has 1 aliphatic rings. The summed E-state index contributed by atoms with van der Waals surface area (Å²) < 4.78 is 22.1. The molecule has 1 saturated heterocycles. The van der Waals surface area contributed by atoms with Gasteiger partial charge in [0.2, 0.25) is 5.75 Å². The first-order valence-electron chi connectivity index (χ1n) is 6.34. The van der Waals surface area contributed by atoms with Crippen LogP contribution in [0.25, 0.3) is 0 Å². The van der Waals surface area contributed by atoms with Gasteiger partial charge in [0.25, 0.3) is 0 Å². The summed E-state index contributed by atoms with van der Waals surface area (Å²) in [7, 11) is 4.61. The maximum Gasteiger partial charge on any atom is 0.334 e. The Bertz CT molecular complexity index is 596. The highest BCUT2D eigenvalue weighted by atomic mass is 79.9. The number of hydrogen-bond acceptors (Lipinski definition) is 5. The number of esters is 1. The minimum atomic E-state index is -0.437. The van der Waals surface area contributed by atoms with Crippen molar-refractivity contribution in [1.29, 1.82) is 0 Å². The third-order valence-electron chi connectivity index (χ3n) is 3.60. The third-order valence-corrected chi connectivity index (χ3v) is 4.42. The zero-order valence-corrected chi connectivity index (χ0v) is 13.9. The first-order valence-corrected chi connectivity index (χ1v) is 7.13. The first-order chi connectivity index (χ1) is 9.96.